The predicted octanol–water partition coefficient (Wildman–Crippen LogP) is 0.169. The van der Waals surface area contributed by atoms with Gasteiger partial charge in [0, 0.05) is 0 Å². The number of nitrogens with zero attached hydrogens (tertiary/aromatic N) is 5. The van der Waals surface area contributed by atoms with Gasteiger partial charge in [0.15, 0.2) is 11.6 Å². The van der Waals surface area contributed by atoms with Crippen LogP contribution in [-0.2, 0) is 6.54 Å². The van der Waals surface area contributed by atoms with Gasteiger partial charge in [0.1, 0.15) is 17.7 Å². The fourth-order valence-electron chi connectivity index (χ4n) is 0.968. The fraction of sp³-hybridized carbons (Fsp3) is 0.143. The summed E-state index contributed by atoms with van der Waals surface area (Å²) in [6.45, 7) is 0.287. The molecule has 6 nitrogen and oxygen atoms in total. The summed E-state index contributed by atoms with van der Waals surface area (Å²) in [6, 6.07) is 0. The zero-order chi connectivity index (χ0) is 9.97. The van der Waals surface area contributed by atoms with E-state index in [1.807, 2.05) is 0 Å². The van der Waals surface area contributed by atoms with Gasteiger partial charge in [0.2, 0.25) is 0 Å². The maximum atomic E-state index is 5.87. The van der Waals surface area contributed by atoms with E-state index in [0.717, 1.165) is 0 Å². The van der Waals surface area contributed by atoms with Crippen molar-refractivity contribution >= 4 is 11.6 Å². The third kappa shape index (κ3) is 1.57. The van der Waals surface area contributed by atoms with Gasteiger partial charge in [0.25, 0.3) is 0 Å². The van der Waals surface area contributed by atoms with Crippen molar-refractivity contribution in [1.82, 2.24) is 24.7 Å². The number of aromatic nitrogens is 5. The van der Waals surface area contributed by atoms with Crippen LogP contribution < -0.4 is 5.73 Å². The molecular formula is C7H7ClN6. The first-order chi connectivity index (χ1) is 6.81. The topological polar surface area (TPSA) is 82.5 Å². The molecule has 0 saturated heterocycles. The first-order valence-electron chi connectivity index (χ1n) is 3.87. The van der Waals surface area contributed by atoms with Crippen molar-refractivity contribution in [3.8, 4) is 5.82 Å². The van der Waals surface area contributed by atoms with Crippen molar-refractivity contribution in [3.05, 3.63) is 29.7 Å². The Morgan fingerprint density at radius 3 is 2.93 bits per heavy atom. The highest BCUT2D eigenvalue weighted by atomic mass is 35.5. The second kappa shape index (κ2) is 3.69. The molecule has 2 N–H and O–H groups in total. The summed E-state index contributed by atoms with van der Waals surface area (Å²) in [5.41, 5.74) is 5.38. The molecule has 0 aromatic carbocycles. The molecule has 0 saturated carbocycles. The third-order valence-corrected chi connectivity index (χ3v) is 1.85. The molecule has 2 aromatic rings. The number of hydrogen-bond donors (Lipinski definition) is 1. The maximum absolute atomic E-state index is 5.87. The van der Waals surface area contributed by atoms with E-state index in [0.29, 0.717) is 16.7 Å². The Kier molecular flexibility index (Phi) is 2.38. The maximum Gasteiger partial charge on any atom is 0.177 e. The third-order valence-electron chi connectivity index (χ3n) is 1.59. The monoisotopic (exact) mass is 210 g/mol. The van der Waals surface area contributed by atoms with E-state index >= 15 is 0 Å². The van der Waals surface area contributed by atoms with E-state index in [2.05, 4.69) is 20.1 Å². The van der Waals surface area contributed by atoms with Gasteiger partial charge >= 0.3 is 0 Å². The molecule has 2 heterocycles. The molecule has 0 radical (unpaired) electrons. The molecule has 0 unspecified atom stereocenters. The van der Waals surface area contributed by atoms with Gasteiger partial charge in [-0.05, 0) is 0 Å². The summed E-state index contributed by atoms with van der Waals surface area (Å²) in [6.07, 6.45) is 4.40. The zero-order valence-electron chi connectivity index (χ0n) is 7.13. The summed E-state index contributed by atoms with van der Waals surface area (Å²) < 4.78 is 1.46. The minimum atomic E-state index is 0.287. The largest absolute Gasteiger partial charge is 0.324 e. The molecular weight excluding hydrogens is 204 g/mol. The van der Waals surface area contributed by atoms with Gasteiger partial charge < -0.3 is 5.73 Å². The average Bonchev–Trinajstić information content (AvgIpc) is 2.67. The average molecular weight is 211 g/mol. The normalized spacial score (nSPS) is 10.4. The van der Waals surface area contributed by atoms with Crippen LogP contribution in [0.1, 0.15) is 5.82 Å². The quantitative estimate of drug-likeness (QED) is 0.764. The van der Waals surface area contributed by atoms with Crippen LogP contribution >= 0.6 is 11.6 Å². The molecule has 2 rings (SSSR count). The molecule has 14 heavy (non-hydrogen) atoms. The first-order valence-corrected chi connectivity index (χ1v) is 4.25. The number of halogens is 1. The van der Waals surface area contributed by atoms with Gasteiger partial charge in [-0.2, -0.15) is 0 Å². The highest BCUT2D eigenvalue weighted by molar-refractivity contribution is 6.31. The van der Waals surface area contributed by atoms with Crippen LogP contribution in [0.2, 0.25) is 5.02 Å². The van der Waals surface area contributed by atoms with Crippen molar-refractivity contribution in [2.24, 2.45) is 5.73 Å². The highest BCUT2D eigenvalue weighted by Crippen LogP contribution is 2.13. The van der Waals surface area contributed by atoms with Crippen LogP contribution in [0.5, 0.6) is 0 Å². The van der Waals surface area contributed by atoms with E-state index in [1.165, 1.54) is 23.5 Å². The lowest BCUT2D eigenvalue weighted by Crippen LogP contribution is -2.03. The van der Waals surface area contributed by atoms with Crippen LogP contribution in [0.3, 0.4) is 0 Å². The van der Waals surface area contributed by atoms with E-state index < -0.39 is 0 Å². The Balaban J connectivity index is 2.44. The lowest BCUT2D eigenvalue weighted by molar-refractivity contribution is 0.804. The Morgan fingerprint density at radius 1 is 1.43 bits per heavy atom. The second-order valence-electron chi connectivity index (χ2n) is 2.50. The van der Waals surface area contributed by atoms with Crippen molar-refractivity contribution in [2.75, 3.05) is 0 Å². The Bertz CT molecular complexity index is 439. The van der Waals surface area contributed by atoms with Crippen LogP contribution in [0.25, 0.3) is 5.82 Å². The van der Waals surface area contributed by atoms with Crippen molar-refractivity contribution in [1.29, 1.82) is 0 Å². The number of nitrogens with two attached hydrogens (primary N) is 1. The standard InChI is InChI=1S/C7H7ClN6/c8-5-2-10-3-11-7(5)14-4-12-6(1-9)13-14/h2-4H,1,9H2. The molecule has 2 aromatic heterocycles. The van der Waals surface area contributed by atoms with Crippen molar-refractivity contribution in [2.45, 2.75) is 6.54 Å². The lowest BCUT2D eigenvalue weighted by Gasteiger charge is -1.99. The molecule has 72 valence electrons. The van der Waals surface area contributed by atoms with E-state index in [4.69, 9.17) is 17.3 Å². The molecule has 0 atom stereocenters. The molecule has 7 heteroatoms. The fourth-order valence-corrected chi connectivity index (χ4v) is 1.16. The summed E-state index contributed by atoms with van der Waals surface area (Å²) in [7, 11) is 0. The molecule has 0 aliphatic carbocycles. The molecule has 0 fully saturated rings. The summed E-state index contributed by atoms with van der Waals surface area (Å²) >= 11 is 5.87. The van der Waals surface area contributed by atoms with E-state index in [1.54, 1.807) is 0 Å². The summed E-state index contributed by atoms with van der Waals surface area (Å²) in [5.74, 6) is 1.04. The van der Waals surface area contributed by atoms with Crippen LogP contribution in [0.4, 0.5) is 0 Å². The SMILES string of the molecule is NCc1ncn(-c2ncncc2Cl)n1. The van der Waals surface area contributed by atoms with E-state index in [9.17, 15) is 0 Å². The Hall–Kier alpha value is -1.53. The van der Waals surface area contributed by atoms with Gasteiger partial charge in [-0.3, -0.25) is 0 Å². The minimum Gasteiger partial charge on any atom is -0.324 e. The molecule has 0 aliphatic heterocycles. The summed E-state index contributed by atoms with van der Waals surface area (Å²) in [5, 5.41) is 4.48. The van der Waals surface area contributed by atoms with Gasteiger partial charge in [-0.1, -0.05) is 11.6 Å². The van der Waals surface area contributed by atoms with Crippen LogP contribution in [0.15, 0.2) is 18.9 Å². The minimum absolute atomic E-state index is 0.287. The molecule has 0 bridgehead atoms. The van der Waals surface area contributed by atoms with E-state index in [-0.39, 0.29) is 6.54 Å². The lowest BCUT2D eigenvalue weighted by atomic mass is 10.6. The van der Waals surface area contributed by atoms with Gasteiger partial charge in [0.05, 0.1) is 12.7 Å². The Labute approximate surface area is 84.8 Å². The highest BCUT2D eigenvalue weighted by Gasteiger charge is 2.06. The molecule has 0 spiro atoms. The van der Waals surface area contributed by atoms with Crippen LogP contribution in [0, 0.1) is 0 Å². The van der Waals surface area contributed by atoms with Gasteiger partial charge in [-0.25, -0.2) is 19.6 Å². The first kappa shape index (κ1) is 9.04. The number of hydrogen-bond acceptors (Lipinski definition) is 5. The summed E-state index contributed by atoms with van der Waals surface area (Å²) in [4.78, 5) is 11.7. The van der Waals surface area contributed by atoms with Crippen molar-refractivity contribution in [3.63, 3.8) is 0 Å². The molecule has 0 aliphatic rings. The Morgan fingerprint density at radius 2 is 2.29 bits per heavy atom. The second-order valence-corrected chi connectivity index (χ2v) is 2.91. The smallest absolute Gasteiger partial charge is 0.177 e. The number of rotatable bonds is 2. The zero-order valence-corrected chi connectivity index (χ0v) is 7.89. The van der Waals surface area contributed by atoms with Crippen LogP contribution in [-0.4, -0.2) is 24.7 Å². The predicted molar refractivity (Wildman–Crippen MR) is 49.9 cm³/mol. The van der Waals surface area contributed by atoms with Gasteiger partial charge in [-0.15, -0.1) is 5.10 Å². The molecule has 0 amide bonds. The van der Waals surface area contributed by atoms with Crippen molar-refractivity contribution < 1.29 is 0 Å².